The highest BCUT2D eigenvalue weighted by Crippen LogP contribution is 2.41. The number of aryl methyl sites for hydroxylation is 1. The second-order valence-electron chi connectivity index (χ2n) is 6.64. The molecule has 114 valence electrons. The van der Waals surface area contributed by atoms with E-state index >= 15 is 0 Å². The fourth-order valence-electron chi connectivity index (χ4n) is 3.44. The smallest absolute Gasteiger partial charge is 0.0962 e. The summed E-state index contributed by atoms with van der Waals surface area (Å²) in [6.07, 6.45) is 5.45. The van der Waals surface area contributed by atoms with Crippen LogP contribution < -0.4 is 5.32 Å². The Balaban J connectivity index is 2.02. The Morgan fingerprint density at radius 2 is 1.85 bits per heavy atom. The number of rotatable bonds is 5. The summed E-state index contributed by atoms with van der Waals surface area (Å²) in [7, 11) is 0. The highest BCUT2D eigenvalue weighted by molar-refractivity contribution is 7.11. The third-order valence-electron chi connectivity index (χ3n) is 4.82. The van der Waals surface area contributed by atoms with Gasteiger partial charge < -0.3 is 5.32 Å². The van der Waals surface area contributed by atoms with Crippen molar-refractivity contribution in [3.05, 3.63) is 15.6 Å². The van der Waals surface area contributed by atoms with Crippen LogP contribution >= 0.6 is 11.3 Å². The molecule has 0 amide bonds. The molecule has 0 aromatic carbocycles. The van der Waals surface area contributed by atoms with E-state index in [0.29, 0.717) is 6.04 Å². The monoisotopic (exact) mass is 294 g/mol. The molecule has 1 heterocycles. The summed E-state index contributed by atoms with van der Waals surface area (Å²) >= 11 is 1.95. The molecule has 1 aliphatic rings. The van der Waals surface area contributed by atoms with Gasteiger partial charge in [-0.3, -0.25) is 0 Å². The highest BCUT2D eigenvalue weighted by Gasteiger charge is 2.27. The number of aromatic nitrogens is 1. The minimum Gasteiger partial charge on any atom is -0.310 e. The predicted molar refractivity (Wildman–Crippen MR) is 88.5 cm³/mol. The van der Waals surface area contributed by atoms with E-state index in [4.69, 9.17) is 4.98 Å². The van der Waals surface area contributed by atoms with Crippen LogP contribution in [0.5, 0.6) is 0 Å². The molecule has 1 N–H and O–H groups in total. The van der Waals surface area contributed by atoms with Gasteiger partial charge in [0.2, 0.25) is 0 Å². The van der Waals surface area contributed by atoms with Gasteiger partial charge in [-0.2, -0.15) is 0 Å². The fraction of sp³-hybridized carbons (Fsp3) is 0.824. The zero-order chi connectivity index (χ0) is 14.7. The van der Waals surface area contributed by atoms with Crippen LogP contribution in [0.15, 0.2) is 0 Å². The normalized spacial score (nSPS) is 25.1. The Hall–Kier alpha value is -0.410. The summed E-state index contributed by atoms with van der Waals surface area (Å²) in [4.78, 5) is 6.32. The molecule has 2 nitrogen and oxygen atoms in total. The molecule has 0 bridgehead atoms. The Kier molecular flexibility index (Phi) is 5.62. The van der Waals surface area contributed by atoms with Crippen molar-refractivity contribution in [3.8, 4) is 0 Å². The van der Waals surface area contributed by atoms with Gasteiger partial charge in [-0.25, -0.2) is 4.98 Å². The number of thiazole rings is 1. The Morgan fingerprint density at radius 3 is 2.40 bits per heavy atom. The molecule has 0 saturated heterocycles. The predicted octanol–water partition coefficient (Wildman–Crippen LogP) is 5.05. The van der Waals surface area contributed by atoms with Crippen LogP contribution in [0.3, 0.4) is 0 Å². The van der Waals surface area contributed by atoms with Gasteiger partial charge >= 0.3 is 0 Å². The number of hydrogen-bond donors (Lipinski definition) is 1. The Bertz CT molecular complexity index is 417. The first-order valence-corrected chi connectivity index (χ1v) is 9.05. The molecule has 1 unspecified atom stereocenters. The van der Waals surface area contributed by atoms with Gasteiger partial charge in [0.05, 0.1) is 10.7 Å². The molecule has 1 aromatic heterocycles. The number of nitrogens with zero attached hydrogens (tertiary/aromatic N) is 1. The van der Waals surface area contributed by atoms with Crippen molar-refractivity contribution < 1.29 is 0 Å². The molecule has 2 rings (SSSR count). The lowest BCUT2D eigenvalue weighted by molar-refractivity contribution is 0.258. The third kappa shape index (κ3) is 3.62. The van der Waals surface area contributed by atoms with Gasteiger partial charge in [0, 0.05) is 16.8 Å². The van der Waals surface area contributed by atoms with Gasteiger partial charge in [0.25, 0.3) is 0 Å². The van der Waals surface area contributed by atoms with E-state index < -0.39 is 0 Å². The Morgan fingerprint density at radius 1 is 1.20 bits per heavy atom. The molecule has 1 atom stereocenters. The minimum absolute atomic E-state index is 0.443. The molecular formula is C17H30N2S. The van der Waals surface area contributed by atoms with Crippen molar-refractivity contribution >= 4 is 11.3 Å². The Labute approximate surface area is 128 Å². The molecule has 0 radical (unpaired) electrons. The van der Waals surface area contributed by atoms with Gasteiger partial charge in [-0.1, -0.05) is 20.8 Å². The quantitative estimate of drug-likeness (QED) is 0.821. The number of nitrogens with one attached hydrogen (secondary N) is 1. The van der Waals surface area contributed by atoms with Crippen molar-refractivity contribution in [2.75, 3.05) is 6.54 Å². The lowest BCUT2D eigenvalue weighted by Gasteiger charge is -2.29. The summed E-state index contributed by atoms with van der Waals surface area (Å²) in [6, 6.07) is 0.443. The molecule has 1 saturated carbocycles. The second-order valence-corrected chi connectivity index (χ2v) is 7.70. The van der Waals surface area contributed by atoms with Crippen molar-refractivity contribution in [1.29, 1.82) is 0 Å². The highest BCUT2D eigenvalue weighted by atomic mass is 32.1. The largest absolute Gasteiger partial charge is 0.310 e. The summed E-state index contributed by atoms with van der Waals surface area (Å²) in [5, 5.41) is 4.90. The summed E-state index contributed by atoms with van der Waals surface area (Å²) in [5.74, 6) is 2.50. The topological polar surface area (TPSA) is 24.9 Å². The van der Waals surface area contributed by atoms with Crippen molar-refractivity contribution in [3.63, 3.8) is 0 Å². The fourth-order valence-corrected chi connectivity index (χ4v) is 4.70. The summed E-state index contributed by atoms with van der Waals surface area (Å²) in [6.45, 7) is 12.4. The average Bonchev–Trinajstić information content (AvgIpc) is 2.81. The molecule has 0 aliphatic heterocycles. The van der Waals surface area contributed by atoms with E-state index in [1.54, 1.807) is 0 Å². The van der Waals surface area contributed by atoms with Gasteiger partial charge in [0.1, 0.15) is 0 Å². The van der Waals surface area contributed by atoms with Crippen LogP contribution in [0.2, 0.25) is 0 Å². The van der Waals surface area contributed by atoms with E-state index in [2.05, 4.69) is 39.9 Å². The van der Waals surface area contributed by atoms with E-state index in [9.17, 15) is 0 Å². The van der Waals surface area contributed by atoms with Crippen molar-refractivity contribution in [2.45, 2.75) is 72.3 Å². The molecule has 1 fully saturated rings. The third-order valence-corrected chi connectivity index (χ3v) is 6.32. The lowest BCUT2D eigenvalue weighted by Crippen LogP contribution is -2.17. The van der Waals surface area contributed by atoms with Crippen LogP contribution in [0.4, 0.5) is 0 Å². The lowest BCUT2D eigenvalue weighted by atomic mass is 9.77. The maximum atomic E-state index is 4.89. The van der Waals surface area contributed by atoms with Gasteiger partial charge in [-0.15, -0.1) is 11.3 Å². The first kappa shape index (κ1) is 16.0. The maximum Gasteiger partial charge on any atom is 0.0962 e. The van der Waals surface area contributed by atoms with Gasteiger partial charge in [0.15, 0.2) is 0 Å². The van der Waals surface area contributed by atoms with Crippen LogP contribution in [0.1, 0.15) is 80.9 Å². The minimum atomic E-state index is 0.443. The SMILES string of the molecule is CCNC(C)c1sc(C2CCC(C(C)C)CC2)nc1C. The maximum absolute atomic E-state index is 4.89. The van der Waals surface area contributed by atoms with Crippen molar-refractivity contribution in [2.24, 2.45) is 11.8 Å². The molecule has 0 spiro atoms. The van der Waals surface area contributed by atoms with E-state index in [1.807, 2.05) is 11.3 Å². The first-order valence-electron chi connectivity index (χ1n) is 8.23. The van der Waals surface area contributed by atoms with E-state index in [-0.39, 0.29) is 0 Å². The average molecular weight is 295 g/mol. The molecule has 3 heteroatoms. The molecule has 1 aromatic rings. The number of hydrogen-bond acceptors (Lipinski definition) is 3. The second kappa shape index (κ2) is 7.04. The van der Waals surface area contributed by atoms with Crippen LogP contribution in [0, 0.1) is 18.8 Å². The van der Waals surface area contributed by atoms with E-state index in [1.165, 1.54) is 41.3 Å². The van der Waals surface area contributed by atoms with Crippen LogP contribution in [-0.4, -0.2) is 11.5 Å². The standard InChI is InChI=1S/C17H30N2S/c1-6-18-12(4)16-13(5)19-17(20-16)15-9-7-14(8-10-15)11(2)3/h11-12,14-15,18H,6-10H2,1-5H3. The van der Waals surface area contributed by atoms with Crippen molar-refractivity contribution in [1.82, 2.24) is 10.3 Å². The van der Waals surface area contributed by atoms with Crippen LogP contribution in [-0.2, 0) is 0 Å². The molecule has 20 heavy (non-hydrogen) atoms. The zero-order valence-electron chi connectivity index (χ0n) is 13.7. The molecular weight excluding hydrogens is 264 g/mol. The van der Waals surface area contributed by atoms with E-state index in [0.717, 1.165) is 24.3 Å². The summed E-state index contributed by atoms with van der Waals surface area (Å²) in [5.41, 5.74) is 1.24. The molecule has 1 aliphatic carbocycles. The zero-order valence-corrected chi connectivity index (χ0v) is 14.5. The summed E-state index contributed by atoms with van der Waals surface area (Å²) < 4.78 is 0. The first-order chi connectivity index (χ1) is 9.52. The van der Waals surface area contributed by atoms with Crippen LogP contribution in [0.25, 0.3) is 0 Å². The van der Waals surface area contributed by atoms with Gasteiger partial charge in [-0.05, 0) is 57.9 Å².